The lowest BCUT2D eigenvalue weighted by molar-refractivity contribution is -0.117. The highest BCUT2D eigenvalue weighted by Crippen LogP contribution is 2.32. The standard InChI is InChI=1S/C35H35Cl3N4O6S/c1-3-4-11-33(43)41-31-21-27(42-49(46,47)28-10-6-9-25(37)19-28)14-16-32(31)48-22(2)12-17-34(44)40-30-20-26(13-15-29(30)38)39-35(45)23-7-5-8-24(36)18-23/h5-10,13-16,18-22,42H,3-4,11-12,17H2,1-2H3,(H,39,45)(H,40,44)(H,41,43). The number of halogens is 3. The van der Waals surface area contributed by atoms with Crippen molar-refractivity contribution in [2.45, 2.75) is 57.0 Å². The number of amides is 3. The van der Waals surface area contributed by atoms with E-state index in [0.717, 1.165) is 6.42 Å². The van der Waals surface area contributed by atoms with Crippen LogP contribution in [0.4, 0.5) is 22.7 Å². The van der Waals surface area contributed by atoms with Gasteiger partial charge in [0.2, 0.25) is 11.8 Å². The predicted molar refractivity (Wildman–Crippen MR) is 196 cm³/mol. The number of carbonyl (C=O) groups is 3. The molecule has 4 N–H and O–H groups in total. The maximum atomic E-state index is 13.0. The van der Waals surface area contributed by atoms with Crippen molar-refractivity contribution < 1.29 is 27.5 Å². The summed E-state index contributed by atoms with van der Waals surface area (Å²) < 4.78 is 34.5. The predicted octanol–water partition coefficient (Wildman–Crippen LogP) is 9.01. The number of unbranched alkanes of at least 4 members (excludes halogenated alkanes) is 1. The van der Waals surface area contributed by atoms with Gasteiger partial charge in [0, 0.05) is 34.1 Å². The highest BCUT2D eigenvalue weighted by molar-refractivity contribution is 7.92. The molecule has 0 aliphatic rings. The number of hydrogen-bond acceptors (Lipinski definition) is 6. The molecular formula is C35H35Cl3N4O6S. The third-order valence-corrected chi connectivity index (χ3v) is 9.24. The number of nitrogens with one attached hydrogen (secondary N) is 4. The number of anilines is 4. The summed E-state index contributed by atoms with van der Waals surface area (Å²) in [5.41, 5.74) is 1.59. The molecule has 0 saturated heterocycles. The molecule has 0 aliphatic heterocycles. The van der Waals surface area contributed by atoms with E-state index in [1.807, 2.05) is 6.92 Å². The molecule has 0 saturated carbocycles. The smallest absolute Gasteiger partial charge is 0.261 e. The molecule has 1 unspecified atom stereocenters. The van der Waals surface area contributed by atoms with Crippen LogP contribution in [0.5, 0.6) is 5.75 Å². The Hall–Kier alpha value is -4.29. The number of sulfonamides is 1. The molecule has 0 aliphatic carbocycles. The normalized spacial score (nSPS) is 11.7. The SMILES string of the molecule is CCCCC(=O)Nc1cc(NS(=O)(=O)c2cccc(Cl)c2)ccc1OC(C)CCC(=O)Nc1cc(NC(=O)c2cccc(Cl)c2)ccc1Cl. The summed E-state index contributed by atoms with van der Waals surface area (Å²) in [6.45, 7) is 3.74. The average molecular weight is 746 g/mol. The summed E-state index contributed by atoms with van der Waals surface area (Å²) >= 11 is 18.3. The molecule has 1 atom stereocenters. The van der Waals surface area contributed by atoms with Crippen molar-refractivity contribution in [2.24, 2.45) is 0 Å². The monoisotopic (exact) mass is 744 g/mol. The Labute approximate surface area is 300 Å². The summed E-state index contributed by atoms with van der Waals surface area (Å²) in [5, 5.41) is 9.32. The van der Waals surface area contributed by atoms with E-state index in [0.29, 0.717) is 40.6 Å². The number of rotatable bonds is 15. The van der Waals surface area contributed by atoms with Gasteiger partial charge in [-0.25, -0.2) is 8.42 Å². The van der Waals surface area contributed by atoms with Gasteiger partial charge in [0.15, 0.2) is 0 Å². The summed E-state index contributed by atoms with van der Waals surface area (Å²) in [4.78, 5) is 38.1. The van der Waals surface area contributed by atoms with Crippen LogP contribution in [-0.2, 0) is 19.6 Å². The van der Waals surface area contributed by atoms with E-state index < -0.39 is 16.1 Å². The molecule has 10 nitrogen and oxygen atoms in total. The van der Waals surface area contributed by atoms with Crippen molar-refractivity contribution in [3.05, 3.63) is 106 Å². The van der Waals surface area contributed by atoms with E-state index in [2.05, 4.69) is 20.7 Å². The molecule has 4 aromatic rings. The van der Waals surface area contributed by atoms with Crippen molar-refractivity contribution in [2.75, 3.05) is 20.7 Å². The van der Waals surface area contributed by atoms with Crippen LogP contribution in [0.1, 0.15) is 56.3 Å². The minimum atomic E-state index is -3.97. The van der Waals surface area contributed by atoms with E-state index in [-0.39, 0.29) is 56.9 Å². The number of carbonyl (C=O) groups excluding carboxylic acids is 3. The quantitative estimate of drug-likeness (QED) is 0.0957. The minimum Gasteiger partial charge on any atom is -0.489 e. The Bertz CT molecular complexity index is 1940. The molecule has 0 bridgehead atoms. The van der Waals surface area contributed by atoms with E-state index >= 15 is 0 Å². The Morgan fingerprint density at radius 2 is 1.41 bits per heavy atom. The molecule has 0 heterocycles. The van der Waals surface area contributed by atoms with Crippen LogP contribution in [0.2, 0.25) is 15.1 Å². The van der Waals surface area contributed by atoms with Gasteiger partial charge in [-0.1, -0.05) is 60.3 Å². The highest BCUT2D eigenvalue weighted by Gasteiger charge is 2.19. The summed E-state index contributed by atoms with van der Waals surface area (Å²) in [6.07, 6.45) is 1.65. The fourth-order valence-corrected chi connectivity index (χ4v) is 6.25. The van der Waals surface area contributed by atoms with Crippen molar-refractivity contribution in [3.8, 4) is 5.75 Å². The van der Waals surface area contributed by atoms with Gasteiger partial charge >= 0.3 is 0 Å². The molecule has 0 spiro atoms. The maximum Gasteiger partial charge on any atom is 0.261 e. The first-order chi connectivity index (χ1) is 23.3. The molecule has 0 radical (unpaired) electrons. The largest absolute Gasteiger partial charge is 0.489 e. The molecule has 3 amide bonds. The van der Waals surface area contributed by atoms with Gasteiger partial charge in [-0.2, -0.15) is 0 Å². The molecule has 0 aromatic heterocycles. The third-order valence-electron chi connectivity index (χ3n) is 7.06. The molecule has 4 aromatic carbocycles. The number of hydrogen-bond donors (Lipinski definition) is 4. The van der Waals surface area contributed by atoms with Crippen molar-refractivity contribution in [3.63, 3.8) is 0 Å². The van der Waals surface area contributed by atoms with E-state index in [9.17, 15) is 22.8 Å². The zero-order valence-electron chi connectivity index (χ0n) is 26.7. The fraction of sp³-hybridized carbons (Fsp3) is 0.229. The van der Waals surface area contributed by atoms with Crippen LogP contribution < -0.4 is 25.4 Å². The summed E-state index contributed by atoms with van der Waals surface area (Å²) in [7, 11) is -3.97. The second-order valence-electron chi connectivity index (χ2n) is 11.1. The van der Waals surface area contributed by atoms with Crippen LogP contribution in [0.25, 0.3) is 0 Å². The van der Waals surface area contributed by atoms with Gasteiger partial charge in [0.25, 0.3) is 15.9 Å². The Morgan fingerprint density at radius 1 is 0.755 bits per heavy atom. The van der Waals surface area contributed by atoms with Gasteiger partial charge < -0.3 is 20.7 Å². The van der Waals surface area contributed by atoms with Gasteiger partial charge in [-0.3, -0.25) is 19.1 Å². The first kappa shape index (κ1) is 37.5. The Kier molecular flexibility index (Phi) is 13.3. The summed E-state index contributed by atoms with van der Waals surface area (Å²) in [6, 6.07) is 21.6. The lowest BCUT2D eigenvalue weighted by Gasteiger charge is -2.19. The Balaban J connectivity index is 1.40. The molecular weight excluding hydrogens is 711 g/mol. The molecule has 49 heavy (non-hydrogen) atoms. The molecule has 258 valence electrons. The Morgan fingerprint density at radius 3 is 2.12 bits per heavy atom. The fourth-order valence-electron chi connectivity index (χ4n) is 4.55. The lowest BCUT2D eigenvalue weighted by atomic mass is 10.2. The van der Waals surface area contributed by atoms with Crippen molar-refractivity contribution in [1.82, 2.24) is 0 Å². The van der Waals surface area contributed by atoms with Crippen LogP contribution in [-0.4, -0.2) is 32.2 Å². The average Bonchev–Trinajstić information content (AvgIpc) is 3.05. The van der Waals surface area contributed by atoms with Crippen LogP contribution in [0.3, 0.4) is 0 Å². The zero-order chi connectivity index (χ0) is 35.6. The topological polar surface area (TPSA) is 143 Å². The molecule has 14 heteroatoms. The van der Waals surface area contributed by atoms with Gasteiger partial charge in [-0.15, -0.1) is 0 Å². The zero-order valence-corrected chi connectivity index (χ0v) is 29.8. The summed E-state index contributed by atoms with van der Waals surface area (Å²) in [5.74, 6) is -0.666. The van der Waals surface area contributed by atoms with Crippen LogP contribution >= 0.6 is 34.8 Å². The second kappa shape index (κ2) is 17.4. The molecule has 4 rings (SSSR count). The first-order valence-electron chi connectivity index (χ1n) is 15.4. The van der Waals surface area contributed by atoms with E-state index in [4.69, 9.17) is 39.5 Å². The molecule has 0 fully saturated rings. The second-order valence-corrected chi connectivity index (χ2v) is 14.1. The lowest BCUT2D eigenvalue weighted by Crippen LogP contribution is -2.19. The number of benzene rings is 4. The van der Waals surface area contributed by atoms with Crippen LogP contribution in [0, 0.1) is 0 Å². The van der Waals surface area contributed by atoms with Gasteiger partial charge in [-0.05, 0) is 92.6 Å². The number of ether oxygens (including phenoxy) is 1. The van der Waals surface area contributed by atoms with E-state index in [1.54, 1.807) is 61.5 Å². The van der Waals surface area contributed by atoms with Gasteiger partial charge in [0.05, 0.1) is 33.1 Å². The maximum absolute atomic E-state index is 13.0. The third kappa shape index (κ3) is 11.4. The van der Waals surface area contributed by atoms with Crippen molar-refractivity contribution >= 4 is 85.3 Å². The van der Waals surface area contributed by atoms with Crippen molar-refractivity contribution in [1.29, 1.82) is 0 Å². The van der Waals surface area contributed by atoms with Gasteiger partial charge in [0.1, 0.15) is 5.75 Å². The van der Waals surface area contributed by atoms with E-state index in [1.165, 1.54) is 30.3 Å². The first-order valence-corrected chi connectivity index (χ1v) is 18.0. The van der Waals surface area contributed by atoms with Crippen LogP contribution in [0.15, 0.2) is 89.8 Å². The highest BCUT2D eigenvalue weighted by atomic mass is 35.5. The minimum absolute atomic E-state index is 0.0175.